The third-order valence-corrected chi connectivity index (χ3v) is 5.90. The smallest absolute Gasteiger partial charge is 0.198 e. The quantitative estimate of drug-likeness (QED) is 0.649. The van der Waals surface area contributed by atoms with Crippen molar-refractivity contribution in [2.24, 2.45) is 17.8 Å². The maximum atomic E-state index is 6.34. The maximum Gasteiger partial charge on any atom is 0.198 e. The minimum Gasteiger partial charge on any atom is -0.440 e. The summed E-state index contributed by atoms with van der Waals surface area (Å²) in [4.78, 5) is 0. The van der Waals surface area contributed by atoms with Crippen molar-refractivity contribution in [2.75, 3.05) is 5.73 Å². The molecule has 29 heavy (non-hydrogen) atoms. The van der Waals surface area contributed by atoms with Crippen LogP contribution in [-0.2, 0) is 0 Å². The molecule has 0 bridgehead atoms. The molecule has 1 aromatic heterocycles. The highest BCUT2D eigenvalue weighted by Crippen LogP contribution is 2.33. The number of dihydropyridines is 1. The number of fused-ring (bicyclic) bond motifs is 1. The van der Waals surface area contributed by atoms with Crippen LogP contribution in [-0.4, -0.2) is 6.04 Å². The fraction of sp³-hybridized carbons (Fsp3) is 0.462. The SMILES string of the molecule is CCC=CC(C)C1CC=c2c(/C=C\C(C)C)c(N)oc2=C1C1C=C(CC)C=CN1. The molecule has 2 heterocycles. The second kappa shape index (κ2) is 9.39. The Balaban J connectivity index is 2.19. The Morgan fingerprint density at radius 1 is 1.24 bits per heavy atom. The van der Waals surface area contributed by atoms with E-state index >= 15 is 0 Å². The van der Waals surface area contributed by atoms with Gasteiger partial charge >= 0.3 is 0 Å². The molecule has 3 nitrogen and oxygen atoms in total. The van der Waals surface area contributed by atoms with Gasteiger partial charge in [-0.1, -0.05) is 71.1 Å². The molecule has 2 aliphatic rings. The minimum atomic E-state index is 0.136. The van der Waals surface area contributed by atoms with E-state index in [9.17, 15) is 0 Å². The van der Waals surface area contributed by atoms with Gasteiger partial charge in [0.25, 0.3) is 0 Å². The number of hydrogen-bond acceptors (Lipinski definition) is 3. The largest absolute Gasteiger partial charge is 0.440 e. The lowest BCUT2D eigenvalue weighted by molar-refractivity contribution is 0.478. The van der Waals surface area contributed by atoms with E-state index in [4.69, 9.17) is 10.2 Å². The van der Waals surface area contributed by atoms with Gasteiger partial charge in [-0.05, 0) is 54.9 Å². The van der Waals surface area contributed by atoms with Gasteiger partial charge in [-0.3, -0.25) is 0 Å². The minimum absolute atomic E-state index is 0.136. The second-order valence-electron chi connectivity index (χ2n) is 8.50. The average molecular weight is 393 g/mol. The molecule has 0 amide bonds. The van der Waals surface area contributed by atoms with E-state index < -0.39 is 0 Å². The third-order valence-electron chi connectivity index (χ3n) is 5.90. The number of furan rings is 1. The Bertz CT molecular complexity index is 956. The summed E-state index contributed by atoms with van der Waals surface area (Å²) in [6, 6.07) is 0.136. The molecular weight excluding hydrogens is 356 g/mol. The van der Waals surface area contributed by atoms with E-state index in [0.717, 1.165) is 35.5 Å². The average Bonchev–Trinajstić information content (AvgIpc) is 3.04. The molecule has 156 valence electrons. The summed E-state index contributed by atoms with van der Waals surface area (Å²) in [5.74, 6) is 1.81. The predicted octanol–water partition coefficient (Wildman–Crippen LogP) is 4.91. The molecule has 1 aromatic rings. The van der Waals surface area contributed by atoms with Gasteiger partial charge in [-0.25, -0.2) is 0 Å². The highest BCUT2D eigenvalue weighted by atomic mass is 16.3. The Morgan fingerprint density at radius 3 is 2.72 bits per heavy atom. The molecule has 3 rings (SSSR count). The van der Waals surface area contributed by atoms with Crippen LogP contribution in [0.1, 0.15) is 59.4 Å². The number of anilines is 1. The molecule has 0 spiro atoms. The number of nitrogen functional groups attached to an aromatic ring is 1. The van der Waals surface area contributed by atoms with E-state index in [-0.39, 0.29) is 6.04 Å². The molecule has 3 atom stereocenters. The van der Waals surface area contributed by atoms with E-state index in [1.165, 1.54) is 11.1 Å². The van der Waals surface area contributed by atoms with Crippen molar-refractivity contribution in [1.82, 2.24) is 5.32 Å². The standard InChI is InChI=1S/C26H36N2O/c1-6-8-9-18(5)20-12-13-21-22(11-10-17(3)4)26(27)29-25(21)24(20)23-16-19(7-2)14-15-28-23/h8-11,13-18,20,23,28H,6-7,12,27H2,1-5H3/b9-8?,11-10-. The van der Waals surface area contributed by atoms with Gasteiger partial charge in [0, 0.05) is 16.4 Å². The molecule has 1 aliphatic heterocycles. The fourth-order valence-corrected chi connectivity index (χ4v) is 4.24. The van der Waals surface area contributed by atoms with E-state index in [1.807, 2.05) is 0 Å². The van der Waals surface area contributed by atoms with Crippen molar-refractivity contribution in [2.45, 2.75) is 59.9 Å². The molecule has 3 unspecified atom stereocenters. The van der Waals surface area contributed by atoms with Crippen molar-refractivity contribution >= 4 is 23.6 Å². The van der Waals surface area contributed by atoms with Gasteiger partial charge in [-0.2, -0.15) is 0 Å². The van der Waals surface area contributed by atoms with Crippen LogP contribution in [0.3, 0.4) is 0 Å². The van der Waals surface area contributed by atoms with Crippen LogP contribution in [0.4, 0.5) is 5.88 Å². The molecular formula is C26H36N2O. The first-order valence-corrected chi connectivity index (χ1v) is 11.1. The summed E-state index contributed by atoms with van der Waals surface area (Å²) in [6.45, 7) is 11.0. The van der Waals surface area contributed by atoms with Gasteiger partial charge in [0.2, 0.25) is 0 Å². The van der Waals surface area contributed by atoms with Crippen molar-refractivity contribution in [3.05, 3.63) is 58.4 Å². The molecule has 0 saturated carbocycles. The topological polar surface area (TPSA) is 51.2 Å². The van der Waals surface area contributed by atoms with Gasteiger partial charge in [0.05, 0.1) is 6.04 Å². The molecule has 3 N–H and O–H groups in total. The zero-order valence-electron chi connectivity index (χ0n) is 18.5. The second-order valence-corrected chi connectivity index (χ2v) is 8.50. The van der Waals surface area contributed by atoms with Gasteiger partial charge in [0.1, 0.15) is 5.42 Å². The zero-order chi connectivity index (χ0) is 21.0. The highest BCUT2D eigenvalue weighted by Gasteiger charge is 2.30. The Labute approximate surface area is 175 Å². The Morgan fingerprint density at radius 2 is 2.03 bits per heavy atom. The van der Waals surface area contributed by atoms with E-state index in [2.05, 4.69) is 88.7 Å². The van der Waals surface area contributed by atoms with Crippen molar-refractivity contribution in [3.63, 3.8) is 0 Å². The van der Waals surface area contributed by atoms with Gasteiger partial charge in [-0.15, -0.1) is 0 Å². The maximum absolute atomic E-state index is 6.34. The summed E-state index contributed by atoms with van der Waals surface area (Å²) in [5.41, 5.74) is 11.0. The molecule has 0 radical (unpaired) electrons. The lowest BCUT2D eigenvalue weighted by Crippen LogP contribution is -2.41. The summed E-state index contributed by atoms with van der Waals surface area (Å²) in [6.07, 6.45) is 20.9. The Kier molecular flexibility index (Phi) is 6.89. The van der Waals surface area contributed by atoms with Crippen molar-refractivity contribution < 1.29 is 4.42 Å². The molecule has 3 heteroatoms. The highest BCUT2D eigenvalue weighted by molar-refractivity contribution is 5.68. The van der Waals surface area contributed by atoms with Crippen LogP contribution >= 0.6 is 0 Å². The summed E-state index contributed by atoms with van der Waals surface area (Å²) in [5, 5.41) is 4.72. The first-order chi connectivity index (χ1) is 14.0. The Hall–Kier alpha value is -2.42. The fourth-order valence-electron chi connectivity index (χ4n) is 4.24. The monoisotopic (exact) mass is 392 g/mol. The molecule has 0 saturated heterocycles. The normalized spacial score (nSPS) is 22.7. The van der Waals surface area contributed by atoms with Crippen LogP contribution in [0, 0.1) is 17.8 Å². The third kappa shape index (κ3) is 4.60. The van der Waals surface area contributed by atoms with Gasteiger partial charge in [0.15, 0.2) is 5.88 Å². The molecule has 0 aromatic carbocycles. The first kappa shape index (κ1) is 21.3. The van der Waals surface area contributed by atoms with E-state index in [0.29, 0.717) is 23.6 Å². The van der Waals surface area contributed by atoms with Crippen LogP contribution in [0.25, 0.3) is 17.7 Å². The van der Waals surface area contributed by atoms with E-state index in [1.54, 1.807) is 0 Å². The van der Waals surface area contributed by atoms with Crippen LogP contribution in [0.5, 0.6) is 0 Å². The van der Waals surface area contributed by atoms with Crippen LogP contribution in [0.2, 0.25) is 0 Å². The number of nitrogens with one attached hydrogen (secondary N) is 1. The number of nitrogens with two attached hydrogens (primary N) is 1. The lowest BCUT2D eigenvalue weighted by Gasteiger charge is -2.31. The van der Waals surface area contributed by atoms with Gasteiger partial charge < -0.3 is 15.5 Å². The number of rotatable bonds is 7. The zero-order valence-corrected chi connectivity index (χ0v) is 18.5. The van der Waals surface area contributed by atoms with Crippen molar-refractivity contribution in [1.29, 1.82) is 0 Å². The lowest BCUT2D eigenvalue weighted by atomic mass is 9.77. The molecule has 1 aliphatic carbocycles. The summed E-state index contributed by atoms with van der Waals surface area (Å²) < 4.78 is 6.23. The molecule has 0 fully saturated rings. The predicted molar refractivity (Wildman–Crippen MR) is 125 cm³/mol. The number of hydrogen-bond donors (Lipinski definition) is 2. The summed E-state index contributed by atoms with van der Waals surface area (Å²) in [7, 11) is 0. The first-order valence-electron chi connectivity index (χ1n) is 11.1. The summed E-state index contributed by atoms with van der Waals surface area (Å²) >= 11 is 0. The van der Waals surface area contributed by atoms with Crippen LogP contribution < -0.4 is 21.7 Å². The van der Waals surface area contributed by atoms with Crippen molar-refractivity contribution in [3.8, 4) is 0 Å². The van der Waals surface area contributed by atoms with Crippen LogP contribution in [0.15, 0.2) is 46.6 Å². The number of allylic oxidation sites excluding steroid dienone is 5.